The summed E-state index contributed by atoms with van der Waals surface area (Å²) in [5.41, 5.74) is 0. The Kier molecular flexibility index (Phi) is 4.47. The molecule has 0 aliphatic rings. The van der Waals surface area contributed by atoms with Gasteiger partial charge in [0.15, 0.2) is 0 Å². The van der Waals surface area contributed by atoms with Crippen molar-refractivity contribution < 1.29 is 62.8 Å². The quantitative estimate of drug-likeness (QED) is 0.244. The first-order chi connectivity index (χ1) is 5.37. The van der Waals surface area contributed by atoms with Crippen LogP contribution in [0.3, 0.4) is 0 Å². The fourth-order valence-electron chi connectivity index (χ4n) is 0.509. The normalized spacial score (nSPS) is 14.3. The first-order valence-electron chi connectivity index (χ1n) is 2.42. The van der Waals surface area contributed by atoms with Gasteiger partial charge in [-0.05, 0) is 0 Å². The predicted octanol–water partition coefficient (Wildman–Crippen LogP) is -1.12. The van der Waals surface area contributed by atoms with Crippen LogP contribution >= 0.6 is 14.8 Å². The molecule has 9 nitrogen and oxygen atoms in total. The summed E-state index contributed by atoms with van der Waals surface area (Å²) < 4.78 is 31.3. The standard InChI is InChI=1S/Hf.3HO3P/c;3*1-4(2)3/h;3*(H-,1,2,3)/q-3;;;/p+3. The molecule has 0 fully saturated rings. The number of rotatable bonds is 3. The van der Waals surface area contributed by atoms with Gasteiger partial charge >= 0.3 is 77.6 Å². The first kappa shape index (κ1) is 14.3. The molecule has 0 amide bonds. The maximum absolute atomic E-state index is 10.4. The molecule has 0 rings (SSSR count). The predicted molar refractivity (Wildman–Crippen MR) is 36.1 cm³/mol. The van der Waals surface area contributed by atoms with E-state index in [9.17, 15) is 13.7 Å². The summed E-state index contributed by atoms with van der Waals surface area (Å²) in [6, 6.07) is 0. The molecule has 0 spiro atoms. The maximum atomic E-state index is 10.4. The van der Waals surface area contributed by atoms with Gasteiger partial charge in [-0.2, -0.15) is 0 Å². The Balaban J connectivity index is 5.42. The Morgan fingerprint density at radius 3 is 0.769 bits per heavy atom. The number of hydrogen-bond donors (Lipinski definition) is 6. The average Bonchev–Trinajstić information content (AvgIpc) is 1.44. The molecular weight excluding hydrogens is 415 g/mol. The molecule has 13 heteroatoms. The van der Waals surface area contributed by atoms with Crippen LogP contribution in [0.4, 0.5) is 0 Å². The third kappa shape index (κ3) is 4.57. The topological polar surface area (TPSA) is 173 Å². The second kappa shape index (κ2) is 4.06. The van der Waals surface area contributed by atoms with Gasteiger partial charge in [-0.15, -0.1) is 0 Å². The first-order valence-corrected chi connectivity index (χ1v) is 21.7. The van der Waals surface area contributed by atoms with Crippen molar-refractivity contribution in [3.8, 4) is 0 Å². The van der Waals surface area contributed by atoms with E-state index in [2.05, 4.69) is 0 Å². The van der Waals surface area contributed by atoms with Crippen LogP contribution in [-0.2, 0) is 33.4 Å². The summed E-state index contributed by atoms with van der Waals surface area (Å²) in [4.78, 5) is 34.2. The summed E-state index contributed by atoms with van der Waals surface area (Å²) in [7, 11) is 0. The van der Waals surface area contributed by atoms with E-state index in [1.165, 1.54) is 0 Å². The Morgan fingerprint density at radius 2 is 0.769 bits per heavy atom. The van der Waals surface area contributed by atoms with E-state index in [1.807, 2.05) is 0 Å². The second-order valence-electron chi connectivity index (χ2n) is 1.93. The monoisotopic (exact) mass is 423 g/mol. The van der Waals surface area contributed by atoms with E-state index in [0.29, 0.717) is 0 Å². The van der Waals surface area contributed by atoms with E-state index in [1.54, 1.807) is 0 Å². The minimum atomic E-state index is -5.61. The molecule has 0 heterocycles. The van der Waals surface area contributed by atoms with Gasteiger partial charge in [0.2, 0.25) is 0 Å². The van der Waals surface area contributed by atoms with Crippen LogP contribution < -0.4 is 0 Å². The van der Waals surface area contributed by atoms with E-state index in [0.717, 1.165) is 0 Å². The van der Waals surface area contributed by atoms with Gasteiger partial charge in [0, 0.05) is 0 Å². The zero-order valence-electron chi connectivity index (χ0n) is 5.75. The zero-order chi connectivity index (χ0) is 11.1. The van der Waals surface area contributed by atoms with E-state index in [-0.39, 0.29) is 0 Å². The Bertz CT molecular complexity index is 259. The molecule has 79 valence electrons. The summed E-state index contributed by atoms with van der Waals surface area (Å²) in [6.07, 6.45) is 0. The summed E-state index contributed by atoms with van der Waals surface area (Å²) >= 11 is -5.61. The molecule has 0 aliphatic heterocycles. The van der Waals surface area contributed by atoms with Gasteiger partial charge in [0.25, 0.3) is 0 Å². The summed E-state index contributed by atoms with van der Waals surface area (Å²) in [5.74, 6) is 0. The van der Waals surface area contributed by atoms with Crippen molar-refractivity contribution in [2.24, 2.45) is 0 Å². The third-order valence-electron chi connectivity index (χ3n) is 0.782. The molecule has 0 aromatic carbocycles. The molecule has 0 unspecified atom stereocenters. The Morgan fingerprint density at radius 1 is 0.615 bits per heavy atom. The number of hydrogen-bond acceptors (Lipinski definition) is 3. The van der Waals surface area contributed by atoms with Crippen LogP contribution in [0.15, 0.2) is 0 Å². The molecule has 0 aromatic rings. The van der Waals surface area contributed by atoms with Crippen LogP contribution in [0, 0.1) is 0 Å². The van der Waals surface area contributed by atoms with E-state index < -0.39 is 34.5 Å². The molecule has 0 bridgehead atoms. The molecule has 0 aromatic heterocycles. The van der Waals surface area contributed by atoms with Crippen molar-refractivity contribution in [2.45, 2.75) is 0 Å². The van der Waals surface area contributed by atoms with Crippen molar-refractivity contribution in [3.05, 3.63) is 0 Å². The third-order valence-corrected chi connectivity index (χ3v) is 57.6. The van der Waals surface area contributed by atoms with Crippen LogP contribution in [-0.4, -0.2) is 29.4 Å². The van der Waals surface area contributed by atoms with Crippen LogP contribution in [0.5, 0.6) is 0 Å². The molecule has 0 radical (unpaired) electrons. The fourth-order valence-corrected chi connectivity index (χ4v) is 37.5. The van der Waals surface area contributed by atoms with Crippen molar-refractivity contribution in [3.63, 3.8) is 0 Å². The fraction of sp³-hybridized carbons (Fsp3) is 0. The molecule has 0 saturated heterocycles. The van der Waals surface area contributed by atoms with Crippen LogP contribution in [0.1, 0.15) is 0 Å². The SMILES string of the molecule is O=[P](O)(O)[Hf]([P](=O)(O)O)[P](=O)(O)O. The minimum absolute atomic E-state index is 5.33. The Hall–Kier alpha value is 1.32. The molecule has 6 N–H and O–H groups in total. The molecule has 0 atom stereocenters. The van der Waals surface area contributed by atoms with Crippen molar-refractivity contribution in [1.82, 2.24) is 0 Å². The summed E-state index contributed by atoms with van der Waals surface area (Å²) in [6.45, 7) is 0. The zero-order valence-corrected chi connectivity index (χ0v) is 12.0. The summed E-state index contributed by atoms with van der Waals surface area (Å²) in [5, 5.41) is 0. The molecule has 0 aliphatic carbocycles. The van der Waals surface area contributed by atoms with E-state index in [4.69, 9.17) is 29.4 Å². The van der Waals surface area contributed by atoms with Gasteiger partial charge in [0.05, 0.1) is 0 Å². The molecule has 0 saturated carbocycles. The van der Waals surface area contributed by atoms with Crippen LogP contribution in [0.25, 0.3) is 0 Å². The molecular formula is H6HfO9P3. The van der Waals surface area contributed by atoms with Crippen LogP contribution in [0.2, 0.25) is 0 Å². The Labute approximate surface area is 77.6 Å². The van der Waals surface area contributed by atoms with Gasteiger partial charge in [-0.25, -0.2) is 0 Å². The van der Waals surface area contributed by atoms with Crippen molar-refractivity contribution in [1.29, 1.82) is 0 Å². The second-order valence-corrected chi connectivity index (χ2v) is 45.8. The van der Waals surface area contributed by atoms with E-state index >= 15 is 0 Å². The van der Waals surface area contributed by atoms with Crippen molar-refractivity contribution in [2.75, 3.05) is 0 Å². The van der Waals surface area contributed by atoms with Gasteiger partial charge in [-0.3, -0.25) is 0 Å². The average molecular weight is 421 g/mol. The van der Waals surface area contributed by atoms with Gasteiger partial charge in [0.1, 0.15) is 0 Å². The molecule has 13 heavy (non-hydrogen) atoms. The van der Waals surface area contributed by atoms with Gasteiger partial charge < -0.3 is 0 Å². The van der Waals surface area contributed by atoms with Crippen molar-refractivity contribution >= 4 is 14.8 Å². The van der Waals surface area contributed by atoms with Gasteiger partial charge in [-0.1, -0.05) is 0 Å².